The van der Waals surface area contributed by atoms with E-state index in [0.29, 0.717) is 29.8 Å². The van der Waals surface area contributed by atoms with E-state index in [1.54, 1.807) is 10.7 Å². The molecule has 0 aliphatic carbocycles. The molecule has 7 nitrogen and oxygen atoms in total. The first kappa shape index (κ1) is 18.6. The van der Waals surface area contributed by atoms with E-state index in [4.69, 9.17) is 17.3 Å². The van der Waals surface area contributed by atoms with Crippen molar-refractivity contribution in [3.05, 3.63) is 52.8 Å². The van der Waals surface area contributed by atoms with Crippen LogP contribution in [0.3, 0.4) is 0 Å². The zero-order valence-corrected chi connectivity index (χ0v) is 16.5. The van der Waals surface area contributed by atoms with E-state index >= 15 is 0 Å². The average Bonchev–Trinajstić information content (AvgIpc) is 3.29. The molecule has 1 fully saturated rings. The minimum absolute atomic E-state index is 0.0506. The van der Waals surface area contributed by atoms with Crippen LogP contribution in [0, 0.1) is 6.92 Å². The summed E-state index contributed by atoms with van der Waals surface area (Å²) in [6.45, 7) is 3.48. The standard InChI is InChI=1S/C20H23ClN6O/c1-13-10-19(22)27(25-13)12-20(28)26-8-6-14(7-9-26)17-11-18(24-23-17)15-4-2-3-5-16(15)21/h2-5,10-11,14H,6-9,12,22H2,1H3,(H,23,24). The van der Waals surface area contributed by atoms with E-state index < -0.39 is 0 Å². The van der Waals surface area contributed by atoms with Gasteiger partial charge in [0.05, 0.1) is 16.4 Å². The summed E-state index contributed by atoms with van der Waals surface area (Å²) in [6, 6.07) is 11.5. The number of nitrogen functional groups attached to an aromatic ring is 1. The molecule has 2 aromatic heterocycles. The molecule has 3 heterocycles. The second-order valence-corrected chi connectivity index (χ2v) is 7.62. The van der Waals surface area contributed by atoms with Crippen LogP contribution in [0.2, 0.25) is 5.02 Å². The Labute approximate surface area is 168 Å². The van der Waals surface area contributed by atoms with Crippen molar-refractivity contribution in [2.75, 3.05) is 18.8 Å². The minimum Gasteiger partial charge on any atom is -0.384 e. The van der Waals surface area contributed by atoms with Gasteiger partial charge in [-0.15, -0.1) is 0 Å². The lowest BCUT2D eigenvalue weighted by atomic mass is 9.93. The highest BCUT2D eigenvalue weighted by Gasteiger charge is 2.26. The number of benzene rings is 1. The smallest absolute Gasteiger partial charge is 0.244 e. The molecular weight excluding hydrogens is 376 g/mol. The number of aryl methyl sites for hydroxylation is 1. The number of H-pyrrole nitrogens is 1. The third-order valence-electron chi connectivity index (χ3n) is 5.25. The zero-order chi connectivity index (χ0) is 19.7. The first-order chi connectivity index (χ1) is 13.5. The van der Waals surface area contributed by atoms with Gasteiger partial charge in [-0.3, -0.25) is 9.89 Å². The number of hydrogen-bond acceptors (Lipinski definition) is 4. The Morgan fingerprint density at radius 3 is 2.71 bits per heavy atom. The highest BCUT2D eigenvalue weighted by Crippen LogP contribution is 2.31. The summed E-state index contributed by atoms with van der Waals surface area (Å²) in [5.41, 5.74) is 9.57. The van der Waals surface area contributed by atoms with E-state index in [9.17, 15) is 4.79 Å². The number of hydrogen-bond donors (Lipinski definition) is 2. The molecule has 1 amide bonds. The number of halogens is 1. The van der Waals surface area contributed by atoms with Crippen LogP contribution in [0.1, 0.15) is 30.1 Å². The molecule has 1 aliphatic heterocycles. The maximum atomic E-state index is 12.6. The van der Waals surface area contributed by atoms with Gasteiger partial charge in [0.15, 0.2) is 0 Å². The van der Waals surface area contributed by atoms with Crippen LogP contribution in [0.4, 0.5) is 5.82 Å². The van der Waals surface area contributed by atoms with Gasteiger partial charge in [-0.25, -0.2) is 4.68 Å². The number of amides is 1. The number of aromatic nitrogens is 4. The normalized spacial score (nSPS) is 15.1. The number of piperidine rings is 1. The molecule has 3 aromatic rings. The number of likely N-dealkylation sites (tertiary alicyclic amines) is 1. The van der Waals surface area contributed by atoms with E-state index in [1.165, 1.54) is 0 Å². The van der Waals surface area contributed by atoms with Gasteiger partial charge in [0, 0.05) is 36.3 Å². The number of carbonyl (C=O) groups excluding carboxylic acids is 1. The number of nitrogens with zero attached hydrogens (tertiary/aromatic N) is 4. The lowest BCUT2D eigenvalue weighted by Crippen LogP contribution is -2.40. The summed E-state index contributed by atoms with van der Waals surface area (Å²) in [5, 5.41) is 12.5. The summed E-state index contributed by atoms with van der Waals surface area (Å²) in [4.78, 5) is 14.5. The first-order valence-electron chi connectivity index (χ1n) is 9.39. The van der Waals surface area contributed by atoms with Crippen LogP contribution in [-0.4, -0.2) is 43.9 Å². The third-order valence-corrected chi connectivity index (χ3v) is 5.58. The van der Waals surface area contributed by atoms with Crippen molar-refractivity contribution >= 4 is 23.3 Å². The molecule has 0 unspecified atom stereocenters. The fraction of sp³-hybridized carbons (Fsp3) is 0.350. The van der Waals surface area contributed by atoms with Crippen LogP contribution >= 0.6 is 11.6 Å². The minimum atomic E-state index is 0.0506. The summed E-state index contributed by atoms with van der Waals surface area (Å²) in [6.07, 6.45) is 1.78. The molecule has 3 N–H and O–H groups in total. The van der Waals surface area contributed by atoms with Crippen molar-refractivity contribution in [2.45, 2.75) is 32.2 Å². The highest BCUT2D eigenvalue weighted by molar-refractivity contribution is 6.33. The molecule has 0 bridgehead atoms. The van der Waals surface area contributed by atoms with E-state index in [2.05, 4.69) is 21.4 Å². The highest BCUT2D eigenvalue weighted by atomic mass is 35.5. The Kier molecular flexibility index (Phi) is 5.09. The third kappa shape index (κ3) is 3.75. The predicted molar refractivity (Wildman–Crippen MR) is 109 cm³/mol. The Hall–Kier alpha value is -2.80. The van der Waals surface area contributed by atoms with Crippen molar-refractivity contribution in [3.8, 4) is 11.3 Å². The molecule has 0 atom stereocenters. The maximum Gasteiger partial charge on any atom is 0.244 e. The number of nitrogens with one attached hydrogen (secondary N) is 1. The Bertz CT molecular complexity index is 986. The second-order valence-electron chi connectivity index (χ2n) is 7.21. The lowest BCUT2D eigenvalue weighted by Gasteiger charge is -2.31. The largest absolute Gasteiger partial charge is 0.384 e. The van der Waals surface area contributed by atoms with Crippen molar-refractivity contribution < 1.29 is 4.79 Å². The molecule has 1 aliphatic rings. The molecule has 146 valence electrons. The maximum absolute atomic E-state index is 12.6. The van der Waals surface area contributed by atoms with Crippen LogP contribution < -0.4 is 5.73 Å². The molecule has 1 aromatic carbocycles. The molecule has 0 spiro atoms. The fourth-order valence-corrected chi connectivity index (χ4v) is 3.95. The number of rotatable bonds is 4. The van der Waals surface area contributed by atoms with Gasteiger partial charge in [-0.1, -0.05) is 29.8 Å². The molecule has 28 heavy (non-hydrogen) atoms. The van der Waals surface area contributed by atoms with E-state index in [-0.39, 0.29) is 12.5 Å². The van der Waals surface area contributed by atoms with Gasteiger partial charge in [0.1, 0.15) is 12.4 Å². The summed E-state index contributed by atoms with van der Waals surface area (Å²) in [7, 11) is 0. The monoisotopic (exact) mass is 398 g/mol. The molecule has 8 heteroatoms. The summed E-state index contributed by atoms with van der Waals surface area (Å²) < 4.78 is 1.56. The van der Waals surface area contributed by atoms with Crippen molar-refractivity contribution in [1.29, 1.82) is 0 Å². The topological polar surface area (TPSA) is 92.8 Å². The van der Waals surface area contributed by atoms with Crippen LogP contribution in [0.25, 0.3) is 11.3 Å². The Morgan fingerprint density at radius 1 is 1.29 bits per heavy atom. The summed E-state index contributed by atoms with van der Waals surface area (Å²) >= 11 is 6.27. The number of carbonyl (C=O) groups is 1. The van der Waals surface area contributed by atoms with Gasteiger partial charge in [-0.2, -0.15) is 10.2 Å². The van der Waals surface area contributed by atoms with E-state index in [1.807, 2.05) is 36.1 Å². The van der Waals surface area contributed by atoms with Crippen molar-refractivity contribution in [2.24, 2.45) is 0 Å². The van der Waals surface area contributed by atoms with Gasteiger partial charge in [0.25, 0.3) is 0 Å². The fourth-order valence-electron chi connectivity index (χ4n) is 3.71. The van der Waals surface area contributed by atoms with Crippen molar-refractivity contribution in [3.63, 3.8) is 0 Å². The molecule has 0 saturated carbocycles. The van der Waals surface area contributed by atoms with Crippen LogP contribution in [0.15, 0.2) is 36.4 Å². The SMILES string of the molecule is Cc1cc(N)n(CC(=O)N2CCC(c3cc(-c4ccccc4Cl)n[nH]3)CC2)n1. The van der Waals surface area contributed by atoms with Gasteiger partial charge in [0.2, 0.25) is 5.91 Å². The predicted octanol–water partition coefficient (Wildman–Crippen LogP) is 3.22. The van der Waals surface area contributed by atoms with Gasteiger partial charge in [-0.05, 0) is 31.9 Å². The average molecular weight is 399 g/mol. The molecular formula is C20H23ClN6O. The number of anilines is 1. The lowest BCUT2D eigenvalue weighted by molar-refractivity contribution is -0.133. The Balaban J connectivity index is 1.37. The van der Waals surface area contributed by atoms with Crippen LogP contribution in [0.5, 0.6) is 0 Å². The van der Waals surface area contributed by atoms with Crippen LogP contribution in [-0.2, 0) is 11.3 Å². The zero-order valence-electron chi connectivity index (χ0n) is 15.7. The molecule has 0 radical (unpaired) electrons. The second kappa shape index (κ2) is 7.67. The Morgan fingerprint density at radius 2 is 2.04 bits per heavy atom. The first-order valence-corrected chi connectivity index (χ1v) is 9.77. The van der Waals surface area contributed by atoms with E-state index in [0.717, 1.165) is 35.5 Å². The summed E-state index contributed by atoms with van der Waals surface area (Å²) in [5.74, 6) is 0.921. The molecule has 1 saturated heterocycles. The van der Waals surface area contributed by atoms with Gasteiger partial charge < -0.3 is 10.6 Å². The quantitative estimate of drug-likeness (QED) is 0.705. The van der Waals surface area contributed by atoms with Gasteiger partial charge >= 0.3 is 0 Å². The van der Waals surface area contributed by atoms with Crippen molar-refractivity contribution in [1.82, 2.24) is 24.9 Å². The molecule has 4 rings (SSSR count). The number of aromatic amines is 1. The number of nitrogens with two attached hydrogens (primary N) is 1.